The van der Waals surface area contributed by atoms with E-state index in [2.05, 4.69) is 25.3 Å². The molecule has 0 aliphatic heterocycles. The summed E-state index contributed by atoms with van der Waals surface area (Å²) in [6, 6.07) is 8.80. The summed E-state index contributed by atoms with van der Waals surface area (Å²) in [5.41, 5.74) is 2.95. The lowest BCUT2D eigenvalue weighted by molar-refractivity contribution is 0.845. The number of rotatable bonds is 4. The molecule has 28 heavy (non-hydrogen) atoms. The van der Waals surface area contributed by atoms with Gasteiger partial charge >= 0.3 is 0 Å². The Bertz CT molecular complexity index is 1230. The first kappa shape index (κ1) is 18.6. The molecule has 8 heteroatoms. The second-order valence-electron chi connectivity index (χ2n) is 6.56. The quantitative estimate of drug-likeness (QED) is 0.499. The molecule has 0 amide bonds. The molecule has 0 unspecified atom stereocenters. The number of nitrogens with one attached hydrogen (secondary N) is 2. The molecule has 0 aliphatic carbocycles. The zero-order valence-corrected chi connectivity index (χ0v) is 17.1. The topological polar surface area (TPSA) is 83.6 Å². The molecule has 0 aliphatic rings. The van der Waals surface area contributed by atoms with E-state index < -0.39 is 0 Å². The number of hydrogen-bond donors (Lipinski definition) is 2. The number of pyridine rings is 1. The number of aryl methyl sites for hydroxylation is 2. The minimum absolute atomic E-state index is 0.153. The molecule has 0 radical (unpaired) electrons. The van der Waals surface area contributed by atoms with Crippen LogP contribution >= 0.6 is 22.9 Å². The van der Waals surface area contributed by atoms with Crippen molar-refractivity contribution in [2.45, 2.75) is 26.8 Å². The van der Waals surface area contributed by atoms with Gasteiger partial charge in [-0.3, -0.25) is 4.79 Å². The number of halogens is 1. The zero-order chi connectivity index (χ0) is 19.8. The monoisotopic (exact) mass is 411 g/mol. The fraction of sp³-hybridized carbons (Fsp3) is 0.200. The average molecular weight is 412 g/mol. The van der Waals surface area contributed by atoms with E-state index >= 15 is 0 Å². The van der Waals surface area contributed by atoms with Crippen molar-refractivity contribution in [3.05, 3.63) is 68.2 Å². The minimum atomic E-state index is -0.285. The van der Waals surface area contributed by atoms with Crippen LogP contribution in [-0.4, -0.2) is 19.9 Å². The maximum atomic E-state index is 12.5. The van der Waals surface area contributed by atoms with Gasteiger partial charge in [-0.25, -0.2) is 15.0 Å². The Kier molecular flexibility index (Phi) is 4.87. The van der Waals surface area contributed by atoms with Gasteiger partial charge in [-0.05, 0) is 51.1 Å². The molecule has 4 aromatic rings. The highest BCUT2D eigenvalue weighted by Gasteiger charge is 2.14. The second-order valence-corrected chi connectivity index (χ2v) is 8.20. The number of aromatic amines is 1. The van der Waals surface area contributed by atoms with Crippen molar-refractivity contribution < 1.29 is 0 Å². The van der Waals surface area contributed by atoms with Gasteiger partial charge in [0, 0.05) is 27.7 Å². The Balaban J connectivity index is 1.65. The van der Waals surface area contributed by atoms with Gasteiger partial charge in [0.1, 0.15) is 0 Å². The number of nitrogens with zero attached hydrogens (tertiary/aromatic N) is 3. The van der Waals surface area contributed by atoms with Crippen molar-refractivity contribution in [3.8, 4) is 10.6 Å². The Morgan fingerprint density at radius 3 is 2.75 bits per heavy atom. The number of anilines is 1. The predicted octanol–water partition coefficient (Wildman–Crippen LogP) is 4.88. The Morgan fingerprint density at radius 2 is 2.00 bits per heavy atom. The molecule has 1 aromatic carbocycles. The van der Waals surface area contributed by atoms with Crippen LogP contribution in [0.1, 0.15) is 29.2 Å². The molecule has 6 nitrogen and oxygen atoms in total. The number of hydrogen-bond acceptors (Lipinski definition) is 6. The van der Waals surface area contributed by atoms with Crippen LogP contribution in [0.2, 0.25) is 5.02 Å². The Hall–Kier alpha value is -2.77. The molecule has 4 rings (SSSR count). The van der Waals surface area contributed by atoms with Gasteiger partial charge in [-0.1, -0.05) is 11.6 Å². The summed E-state index contributed by atoms with van der Waals surface area (Å²) < 4.78 is 0. The molecule has 0 saturated carbocycles. The van der Waals surface area contributed by atoms with Crippen LogP contribution in [-0.2, 0) is 0 Å². The van der Waals surface area contributed by atoms with Crippen molar-refractivity contribution in [1.29, 1.82) is 0 Å². The molecule has 0 fully saturated rings. The zero-order valence-electron chi connectivity index (χ0n) is 15.6. The smallest absolute Gasteiger partial charge is 0.253 e. The minimum Gasteiger partial charge on any atom is -0.347 e. The summed E-state index contributed by atoms with van der Waals surface area (Å²) in [7, 11) is 0. The third kappa shape index (κ3) is 3.63. The third-order valence-corrected chi connectivity index (χ3v) is 5.77. The molecule has 3 aromatic heterocycles. The van der Waals surface area contributed by atoms with Crippen LogP contribution < -0.4 is 10.9 Å². The van der Waals surface area contributed by atoms with Crippen LogP contribution in [0.4, 0.5) is 5.95 Å². The van der Waals surface area contributed by atoms with Crippen LogP contribution in [0.15, 0.2) is 41.3 Å². The van der Waals surface area contributed by atoms with Crippen LogP contribution in [0.3, 0.4) is 0 Å². The summed E-state index contributed by atoms with van der Waals surface area (Å²) >= 11 is 7.68. The van der Waals surface area contributed by atoms with E-state index in [0.29, 0.717) is 16.5 Å². The van der Waals surface area contributed by atoms with E-state index in [1.54, 1.807) is 29.7 Å². The van der Waals surface area contributed by atoms with Crippen molar-refractivity contribution >= 4 is 39.8 Å². The van der Waals surface area contributed by atoms with Crippen molar-refractivity contribution in [2.24, 2.45) is 0 Å². The summed E-state index contributed by atoms with van der Waals surface area (Å²) in [6.07, 6.45) is 1.70. The van der Waals surface area contributed by atoms with Gasteiger partial charge in [0.2, 0.25) is 5.95 Å². The van der Waals surface area contributed by atoms with Gasteiger partial charge in [0.05, 0.1) is 27.3 Å². The van der Waals surface area contributed by atoms with E-state index in [0.717, 1.165) is 32.2 Å². The fourth-order valence-electron chi connectivity index (χ4n) is 3.11. The number of H-pyrrole nitrogens is 1. The van der Waals surface area contributed by atoms with Crippen molar-refractivity contribution in [2.75, 3.05) is 5.32 Å². The molecule has 142 valence electrons. The van der Waals surface area contributed by atoms with Crippen LogP contribution in [0.5, 0.6) is 0 Å². The first-order chi connectivity index (χ1) is 13.4. The molecule has 3 heterocycles. The number of fused-ring (bicyclic) bond motifs is 1. The van der Waals surface area contributed by atoms with Crippen LogP contribution in [0.25, 0.3) is 21.5 Å². The number of benzene rings is 1. The highest BCUT2D eigenvalue weighted by Crippen LogP contribution is 2.29. The van der Waals surface area contributed by atoms with Gasteiger partial charge in [-0.2, -0.15) is 0 Å². The molecule has 0 spiro atoms. The SMILES string of the molecule is Cc1nc(C)c(-c2ccnc(N[C@@H](C)c3cc4cc(Cl)ccc4[nH]c3=O)n2)s1. The predicted molar refractivity (Wildman–Crippen MR) is 114 cm³/mol. The van der Waals surface area contributed by atoms with Gasteiger partial charge in [0.25, 0.3) is 5.56 Å². The summed E-state index contributed by atoms with van der Waals surface area (Å²) in [4.78, 5) is 29.8. The largest absolute Gasteiger partial charge is 0.347 e. The normalized spacial score (nSPS) is 12.3. The standard InChI is InChI=1S/C20H18ClN5OS/c1-10(15-9-13-8-14(21)4-5-16(13)25-19(15)27)24-20-22-7-6-17(26-20)18-11(2)23-12(3)28-18/h4-10H,1-3H3,(H,25,27)(H,22,24,26)/t10-/m0/s1. The maximum absolute atomic E-state index is 12.5. The molecule has 0 saturated heterocycles. The lowest BCUT2D eigenvalue weighted by Crippen LogP contribution is -2.20. The van der Waals surface area contributed by atoms with E-state index in [1.807, 2.05) is 39.0 Å². The summed E-state index contributed by atoms with van der Waals surface area (Å²) in [5.74, 6) is 0.459. The van der Waals surface area contributed by atoms with E-state index in [1.165, 1.54) is 0 Å². The van der Waals surface area contributed by atoms with Gasteiger partial charge < -0.3 is 10.3 Å². The first-order valence-corrected chi connectivity index (χ1v) is 9.96. The van der Waals surface area contributed by atoms with Crippen molar-refractivity contribution in [1.82, 2.24) is 19.9 Å². The number of aromatic nitrogens is 4. The van der Waals surface area contributed by atoms with E-state index in [4.69, 9.17) is 11.6 Å². The van der Waals surface area contributed by atoms with Crippen molar-refractivity contribution in [3.63, 3.8) is 0 Å². The molecule has 0 bridgehead atoms. The molecule has 2 N–H and O–H groups in total. The molecular formula is C20H18ClN5OS. The van der Waals surface area contributed by atoms with E-state index in [-0.39, 0.29) is 11.6 Å². The number of thiazole rings is 1. The average Bonchev–Trinajstić information content (AvgIpc) is 3.00. The Morgan fingerprint density at radius 1 is 1.18 bits per heavy atom. The van der Waals surface area contributed by atoms with E-state index in [9.17, 15) is 4.79 Å². The highest BCUT2D eigenvalue weighted by molar-refractivity contribution is 7.15. The lowest BCUT2D eigenvalue weighted by Gasteiger charge is -2.14. The van der Waals surface area contributed by atoms with Gasteiger partial charge in [0.15, 0.2) is 0 Å². The summed E-state index contributed by atoms with van der Waals surface area (Å²) in [5, 5.41) is 5.72. The Labute approximate surface area is 170 Å². The molecule has 1 atom stereocenters. The van der Waals surface area contributed by atoms with Crippen LogP contribution in [0, 0.1) is 13.8 Å². The first-order valence-electron chi connectivity index (χ1n) is 8.77. The third-order valence-electron chi connectivity index (χ3n) is 4.44. The highest BCUT2D eigenvalue weighted by atomic mass is 35.5. The lowest BCUT2D eigenvalue weighted by atomic mass is 10.1. The summed E-state index contributed by atoms with van der Waals surface area (Å²) in [6.45, 7) is 5.84. The maximum Gasteiger partial charge on any atom is 0.253 e. The second kappa shape index (κ2) is 7.33. The molecular weight excluding hydrogens is 394 g/mol. The van der Waals surface area contributed by atoms with Gasteiger partial charge in [-0.15, -0.1) is 11.3 Å². The fourth-order valence-corrected chi connectivity index (χ4v) is 4.18.